The molecule has 1 aromatic rings. The Morgan fingerprint density at radius 3 is 2.35 bits per heavy atom. The summed E-state index contributed by atoms with van der Waals surface area (Å²) < 4.78 is 10.8. The fourth-order valence-electron chi connectivity index (χ4n) is 3.20. The number of hydrogen-bond donors (Lipinski definition) is 2. The lowest BCUT2D eigenvalue weighted by molar-refractivity contribution is -0.152. The lowest BCUT2D eigenvalue weighted by Gasteiger charge is -2.25. The molecular weight excluding hydrogens is 336 g/mol. The molecule has 0 radical (unpaired) electrons. The van der Waals surface area contributed by atoms with Gasteiger partial charge in [0.15, 0.2) is 5.60 Å². The van der Waals surface area contributed by atoms with Crippen LogP contribution in [-0.2, 0) is 9.53 Å². The van der Waals surface area contributed by atoms with Crippen LogP contribution in [0.15, 0.2) is 12.1 Å². The number of rotatable bonds is 5. The van der Waals surface area contributed by atoms with E-state index in [4.69, 9.17) is 15.2 Å². The van der Waals surface area contributed by atoms with Crippen molar-refractivity contribution < 1.29 is 24.2 Å². The van der Waals surface area contributed by atoms with E-state index in [1.165, 1.54) is 13.8 Å². The van der Waals surface area contributed by atoms with E-state index in [1.807, 2.05) is 26.0 Å². The maximum absolute atomic E-state index is 11.9. The smallest absolute Gasteiger partial charge is 0.409 e. The van der Waals surface area contributed by atoms with Crippen LogP contribution in [0.5, 0.6) is 5.75 Å². The van der Waals surface area contributed by atoms with E-state index in [-0.39, 0.29) is 18.1 Å². The summed E-state index contributed by atoms with van der Waals surface area (Å²) in [5.74, 6) is -0.462. The Morgan fingerprint density at radius 1 is 1.27 bits per heavy atom. The van der Waals surface area contributed by atoms with Gasteiger partial charge in [0.05, 0.1) is 6.61 Å². The van der Waals surface area contributed by atoms with Crippen molar-refractivity contribution in [1.82, 2.24) is 4.90 Å². The molecule has 7 nitrogen and oxygen atoms in total. The average Bonchev–Trinajstić information content (AvgIpc) is 2.93. The third-order valence-electron chi connectivity index (χ3n) is 4.67. The Hall–Kier alpha value is -2.28. The molecule has 144 valence electrons. The van der Waals surface area contributed by atoms with E-state index < -0.39 is 11.6 Å². The predicted octanol–water partition coefficient (Wildman–Crippen LogP) is 2.43. The van der Waals surface area contributed by atoms with Crippen molar-refractivity contribution in [2.75, 3.05) is 19.7 Å². The van der Waals surface area contributed by atoms with Crippen molar-refractivity contribution >= 4 is 12.1 Å². The van der Waals surface area contributed by atoms with Crippen LogP contribution in [0.4, 0.5) is 4.79 Å². The number of carboxylic acids is 1. The van der Waals surface area contributed by atoms with Crippen molar-refractivity contribution in [3.63, 3.8) is 0 Å². The van der Waals surface area contributed by atoms with Gasteiger partial charge in [-0.05, 0) is 51.3 Å². The number of carbonyl (C=O) groups is 2. The Bertz CT molecular complexity index is 678. The van der Waals surface area contributed by atoms with Crippen LogP contribution < -0.4 is 10.5 Å². The quantitative estimate of drug-likeness (QED) is 0.832. The molecule has 0 saturated carbocycles. The van der Waals surface area contributed by atoms with Crippen molar-refractivity contribution in [2.45, 2.75) is 52.2 Å². The van der Waals surface area contributed by atoms with Crippen molar-refractivity contribution in [3.8, 4) is 5.75 Å². The van der Waals surface area contributed by atoms with Gasteiger partial charge in [-0.25, -0.2) is 9.59 Å². The van der Waals surface area contributed by atoms with Crippen molar-refractivity contribution in [2.24, 2.45) is 5.73 Å². The first-order chi connectivity index (χ1) is 12.1. The van der Waals surface area contributed by atoms with Gasteiger partial charge < -0.3 is 25.2 Å². The number of carbonyl (C=O) groups excluding carboxylic acids is 1. The monoisotopic (exact) mass is 364 g/mol. The third-order valence-corrected chi connectivity index (χ3v) is 4.67. The molecule has 2 atom stereocenters. The lowest BCUT2D eigenvalue weighted by atomic mass is 9.91. The van der Waals surface area contributed by atoms with Crippen LogP contribution in [0.25, 0.3) is 0 Å². The first-order valence-corrected chi connectivity index (χ1v) is 8.77. The van der Waals surface area contributed by atoms with Crippen LogP contribution in [-0.4, -0.2) is 53.4 Å². The van der Waals surface area contributed by atoms with E-state index >= 15 is 0 Å². The number of likely N-dealkylation sites (tertiary alicyclic amines) is 1. The van der Waals surface area contributed by atoms with E-state index in [9.17, 15) is 14.7 Å². The summed E-state index contributed by atoms with van der Waals surface area (Å²) in [7, 11) is 0. The first kappa shape index (κ1) is 20.0. The minimum absolute atomic E-state index is 0.00154. The summed E-state index contributed by atoms with van der Waals surface area (Å²) in [4.78, 5) is 24.9. The molecule has 0 bridgehead atoms. The molecule has 7 heteroatoms. The predicted molar refractivity (Wildman–Crippen MR) is 97.6 cm³/mol. The molecule has 26 heavy (non-hydrogen) atoms. The molecule has 1 aliphatic heterocycles. The minimum atomic E-state index is -1.32. The standard InChI is InChI=1S/C19H28N2O5/c1-6-25-18(24)21-9-14(15(20)10-21)13-7-11(2)16(12(3)8-13)26-19(4,5)17(22)23/h7-8,14-15H,6,9-10,20H2,1-5H3,(H,22,23)/t14-,15+/m0/s1. The van der Waals surface area contributed by atoms with Gasteiger partial charge in [0, 0.05) is 25.0 Å². The van der Waals surface area contributed by atoms with Gasteiger partial charge in [0.1, 0.15) is 5.75 Å². The molecule has 1 aliphatic rings. The molecule has 0 aliphatic carbocycles. The number of nitrogens with two attached hydrogens (primary N) is 1. The molecule has 1 fully saturated rings. The van der Waals surface area contributed by atoms with Crippen LogP contribution in [0, 0.1) is 13.8 Å². The van der Waals surface area contributed by atoms with Gasteiger partial charge in [-0.3, -0.25) is 0 Å². The summed E-state index contributed by atoms with van der Waals surface area (Å²) in [6.07, 6.45) is -0.345. The summed E-state index contributed by atoms with van der Waals surface area (Å²) in [6, 6.07) is 3.74. The summed E-state index contributed by atoms with van der Waals surface area (Å²) in [5, 5.41) is 9.28. The molecule has 1 saturated heterocycles. The van der Waals surface area contributed by atoms with Crippen LogP contribution >= 0.6 is 0 Å². The van der Waals surface area contributed by atoms with Crippen LogP contribution in [0.2, 0.25) is 0 Å². The highest BCUT2D eigenvalue weighted by Gasteiger charge is 2.36. The van der Waals surface area contributed by atoms with Gasteiger partial charge in [-0.1, -0.05) is 12.1 Å². The molecule has 0 spiro atoms. The Balaban J connectivity index is 2.24. The molecule has 3 N–H and O–H groups in total. The molecule has 0 unspecified atom stereocenters. The van der Waals surface area contributed by atoms with Crippen LogP contribution in [0.3, 0.4) is 0 Å². The highest BCUT2D eigenvalue weighted by molar-refractivity contribution is 5.77. The second-order valence-electron chi connectivity index (χ2n) is 7.28. The van der Waals surface area contributed by atoms with Gasteiger partial charge in [-0.15, -0.1) is 0 Å². The largest absolute Gasteiger partial charge is 0.478 e. The topological polar surface area (TPSA) is 102 Å². The molecule has 2 rings (SSSR count). The summed E-state index contributed by atoms with van der Waals surface area (Å²) >= 11 is 0. The van der Waals surface area contributed by atoms with Crippen molar-refractivity contribution in [3.05, 3.63) is 28.8 Å². The van der Waals surface area contributed by atoms with Crippen molar-refractivity contribution in [1.29, 1.82) is 0 Å². The molecular formula is C19H28N2O5. The highest BCUT2D eigenvalue weighted by Crippen LogP contribution is 2.34. The fourth-order valence-corrected chi connectivity index (χ4v) is 3.20. The SMILES string of the molecule is CCOC(=O)N1C[C@@H](N)[C@H](c2cc(C)c(OC(C)(C)C(=O)O)c(C)c2)C1. The number of carboxylic acid groups (broad SMARTS) is 1. The second kappa shape index (κ2) is 7.53. The van der Waals surface area contributed by atoms with E-state index in [0.717, 1.165) is 16.7 Å². The number of ether oxygens (including phenoxy) is 2. The summed E-state index contributed by atoms with van der Waals surface area (Å²) in [5.41, 5.74) is 7.64. The fraction of sp³-hybridized carbons (Fsp3) is 0.579. The number of aryl methyl sites for hydroxylation is 2. The van der Waals surface area contributed by atoms with E-state index in [2.05, 4.69) is 0 Å². The Morgan fingerprint density at radius 2 is 1.85 bits per heavy atom. The van der Waals surface area contributed by atoms with Gasteiger partial charge >= 0.3 is 12.1 Å². The third kappa shape index (κ3) is 4.09. The molecule has 1 aromatic carbocycles. The minimum Gasteiger partial charge on any atom is -0.478 e. The lowest BCUT2D eigenvalue weighted by Crippen LogP contribution is -2.38. The van der Waals surface area contributed by atoms with Crippen LogP contribution in [0.1, 0.15) is 43.4 Å². The van der Waals surface area contributed by atoms with Gasteiger partial charge in [0.25, 0.3) is 0 Å². The molecule has 0 aromatic heterocycles. The summed E-state index contributed by atoms with van der Waals surface area (Å²) in [6.45, 7) is 9.86. The second-order valence-corrected chi connectivity index (χ2v) is 7.28. The first-order valence-electron chi connectivity index (χ1n) is 8.77. The van der Waals surface area contributed by atoms with Gasteiger partial charge in [-0.2, -0.15) is 0 Å². The zero-order chi connectivity index (χ0) is 19.6. The number of nitrogens with zero attached hydrogens (tertiary/aromatic N) is 1. The van der Waals surface area contributed by atoms with E-state index in [0.29, 0.717) is 25.4 Å². The van der Waals surface area contributed by atoms with Gasteiger partial charge in [0.2, 0.25) is 0 Å². The zero-order valence-electron chi connectivity index (χ0n) is 16.0. The highest BCUT2D eigenvalue weighted by atomic mass is 16.6. The zero-order valence-corrected chi connectivity index (χ0v) is 16.0. The maximum atomic E-state index is 11.9. The molecule has 1 heterocycles. The number of amides is 1. The molecule has 1 amide bonds. The maximum Gasteiger partial charge on any atom is 0.409 e. The number of benzene rings is 1. The number of aliphatic carboxylic acids is 1. The Labute approximate surface area is 154 Å². The average molecular weight is 364 g/mol. The Kier molecular flexibility index (Phi) is 5.81. The number of hydrogen-bond acceptors (Lipinski definition) is 5. The van der Waals surface area contributed by atoms with E-state index in [1.54, 1.807) is 11.8 Å². The normalized spacial score (nSPS) is 20.2.